The molecule has 0 heterocycles. The first-order chi connectivity index (χ1) is 5.66. The van der Waals surface area contributed by atoms with Gasteiger partial charge in [-0.1, -0.05) is 0 Å². The van der Waals surface area contributed by atoms with Crippen LogP contribution in [-0.2, 0) is 0 Å². The van der Waals surface area contributed by atoms with Crippen LogP contribution in [0.2, 0.25) is 0 Å². The van der Waals surface area contributed by atoms with Gasteiger partial charge in [-0.15, -0.1) is 0 Å². The van der Waals surface area contributed by atoms with Crippen molar-refractivity contribution in [2.45, 2.75) is 33.4 Å². The maximum absolute atomic E-state index is 9.77. The Morgan fingerprint density at radius 1 is 1.08 bits per heavy atom. The number of aliphatic hydroxyl groups excluding tert-OH is 2. The largest absolute Gasteiger partial charge is 1.00 e. The zero-order valence-corrected chi connectivity index (χ0v) is 9.59. The normalized spacial score (nSPS) is 13.6. The minimum Gasteiger partial charge on any atom is -1.00 e. The molecule has 1 atom stereocenters. The average molecular weight is 212 g/mol. The molecule has 0 saturated carbocycles. The lowest BCUT2D eigenvalue weighted by Gasteiger charge is -2.39. The molecular weight excluding hydrogens is 190 g/mol. The molecule has 2 N–H and O–H groups in total. The molecule has 0 aliphatic rings. The first-order valence-electron chi connectivity index (χ1n) is 4.81. The molecule has 3 nitrogen and oxygen atoms in total. The van der Waals surface area contributed by atoms with E-state index in [2.05, 4.69) is 20.8 Å². The fourth-order valence-corrected chi connectivity index (χ4v) is 1.69. The van der Waals surface area contributed by atoms with Crippen LogP contribution in [0, 0.1) is 0 Å². The van der Waals surface area contributed by atoms with E-state index in [-0.39, 0.29) is 19.0 Å². The zero-order chi connectivity index (χ0) is 9.61. The predicted molar refractivity (Wildman–Crippen MR) is 49.6 cm³/mol. The van der Waals surface area contributed by atoms with Gasteiger partial charge in [-0.05, 0) is 20.8 Å². The highest BCUT2D eigenvalue weighted by Crippen LogP contribution is 2.13. The lowest BCUT2D eigenvalue weighted by atomic mass is 10.2. The summed E-state index contributed by atoms with van der Waals surface area (Å²) >= 11 is 0. The second-order valence-corrected chi connectivity index (χ2v) is 3.16. The van der Waals surface area contributed by atoms with Gasteiger partial charge in [-0.3, -0.25) is 4.48 Å². The van der Waals surface area contributed by atoms with E-state index in [1.165, 1.54) is 0 Å². The molecule has 0 amide bonds. The minimum atomic E-state index is -0.407. The smallest absolute Gasteiger partial charge is 0.192 e. The molecule has 0 aliphatic carbocycles. The molecule has 0 rings (SSSR count). The maximum atomic E-state index is 9.77. The molecule has 13 heavy (non-hydrogen) atoms. The third-order valence-electron chi connectivity index (χ3n) is 2.91. The minimum absolute atomic E-state index is 0. The van der Waals surface area contributed by atoms with Crippen molar-refractivity contribution in [1.29, 1.82) is 0 Å². The highest BCUT2D eigenvalue weighted by Gasteiger charge is 2.29. The Labute approximate surface area is 87.4 Å². The third-order valence-corrected chi connectivity index (χ3v) is 2.91. The van der Waals surface area contributed by atoms with Crippen LogP contribution in [0.3, 0.4) is 0 Å². The van der Waals surface area contributed by atoms with E-state index in [0.717, 1.165) is 19.6 Å². The van der Waals surface area contributed by atoms with Crippen molar-refractivity contribution in [1.82, 2.24) is 0 Å². The topological polar surface area (TPSA) is 40.5 Å². The van der Waals surface area contributed by atoms with E-state index in [9.17, 15) is 5.11 Å². The highest BCUT2D eigenvalue weighted by molar-refractivity contribution is 4.45. The van der Waals surface area contributed by atoms with Gasteiger partial charge in [0.15, 0.2) is 6.23 Å². The van der Waals surface area contributed by atoms with E-state index >= 15 is 0 Å². The molecule has 0 radical (unpaired) electrons. The van der Waals surface area contributed by atoms with Gasteiger partial charge >= 0.3 is 0 Å². The van der Waals surface area contributed by atoms with Crippen LogP contribution in [0.15, 0.2) is 0 Å². The van der Waals surface area contributed by atoms with Gasteiger partial charge in [0, 0.05) is 6.42 Å². The van der Waals surface area contributed by atoms with Crippen LogP contribution < -0.4 is 12.4 Å². The van der Waals surface area contributed by atoms with Gasteiger partial charge in [0.2, 0.25) is 0 Å². The number of rotatable bonds is 6. The van der Waals surface area contributed by atoms with Crippen molar-refractivity contribution in [3.05, 3.63) is 0 Å². The zero-order valence-electron chi connectivity index (χ0n) is 8.83. The number of halogens is 1. The summed E-state index contributed by atoms with van der Waals surface area (Å²) in [6, 6.07) is 0. The van der Waals surface area contributed by atoms with Crippen LogP contribution in [0.5, 0.6) is 0 Å². The monoisotopic (exact) mass is 211 g/mol. The van der Waals surface area contributed by atoms with E-state index in [0.29, 0.717) is 10.9 Å². The van der Waals surface area contributed by atoms with Crippen LogP contribution in [0.1, 0.15) is 27.2 Å². The van der Waals surface area contributed by atoms with Crippen molar-refractivity contribution in [2.75, 3.05) is 26.2 Å². The lowest BCUT2D eigenvalue weighted by Crippen LogP contribution is -3.00. The van der Waals surface area contributed by atoms with Crippen LogP contribution in [-0.4, -0.2) is 47.2 Å². The lowest BCUT2D eigenvalue weighted by molar-refractivity contribution is -0.967. The molecule has 4 heteroatoms. The predicted octanol–water partition coefficient (Wildman–Crippen LogP) is -2.43. The van der Waals surface area contributed by atoms with E-state index < -0.39 is 6.23 Å². The van der Waals surface area contributed by atoms with Crippen molar-refractivity contribution >= 4 is 0 Å². The Bertz CT molecular complexity index is 110. The van der Waals surface area contributed by atoms with Crippen LogP contribution >= 0.6 is 0 Å². The summed E-state index contributed by atoms with van der Waals surface area (Å²) in [6.07, 6.45) is 0.0743. The summed E-state index contributed by atoms with van der Waals surface area (Å²) in [7, 11) is 0. The fraction of sp³-hybridized carbons (Fsp3) is 1.00. The summed E-state index contributed by atoms with van der Waals surface area (Å²) < 4.78 is 0.695. The standard InChI is InChI=1S/C9H22NO2.ClH/c1-4-10(5-2,6-3)9(12)7-8-11;/h9,11-12H,4-8H2,1-3H3;1H/q+1;/p-1. The molecule has 0 saturated heterocycles. The molecule has 0 aliphatic heterocycles. The molecule has 0 fully saturated rings. The van der Waals surface area contributed by atoms with Gasteiger partial charge in [0.1, 0.15) is 0 Å². The SMILES string of the molecule is CC[N+](CC)(CC)C(O)CCO.[Cl-]. The first kappa shape index (κ1) is 15.6. The van der Waals surface area contributed by atoms with Crippen molar-refractivity contribution in [3.63, 3.8) is 0 Å². The second kappa shape index (κ2) is 7.56. The Morgan fingerprint density at radius 2 is 1.46 bits per heavy atom. The van der Waals surface area contributed by atoms with E-state index in [1.807, 2.05) is 0 Å². The molecular formula is C9H22ClNO2. The van der Waals surface area contributed by atoms with E-state index in [4.69, 9.17) is 5.11 Å². The Morgan fingerprint density at radius 3 is 1.69 bits per heavy atom. The van der Waals surface area contributed by atoms with Gasteiger partial charge in [-0.25, -0.2) is 0 Å². The van der Waals surface area contributed by atoms with Crippen molar-refractivity contribution < 1.29 is 27.1 Å². The van der Waals surface area contributed by atoms with Crippen molar-refractivity contribution in [2.24, 2.45) is 0 Å². The molecule has 82 valence electrons. The molecule has 1 unspecified atom stereocenters. The summed E-state index contributed by atoms with van der Waals surface area (Å²) in [5, 5.41) is 18.5. The summed E-state index contributed by atoms with van der Waals surface area (Å²) in [5.74, 6) is 0. The highest BCUT2D eigenvalue weighted by atomic mass is 35.5. The Kier molecular flexibility index (Phi) is 9.09. The molecule has 0 aromatic carbocycles. The van der Waals surface area contributed by atoms with Gasteiger partial charge < -0.3 is 22.6 Å². The Balaban J connectivity index is 0. The van der Waals surface area contributed by atoms with Gasteiger partial charge in [0.25, 0.3) is 0 Å². The maximum Gasteiger partial charge on any atom is 0.192 e. The summed E-state index contributed by atoms with van der Waals surface area (Å²) in [6.45, 7) is 9.08. The fourth-order valence-electron chi connectivity index (χ4n) is 1.69. The molecule has 0 aromatic heterocycles. The van der Waals surface area contributed by atoms with Crippen LogP contribution in [0.25, 0.3) is 0 Å². The molecule has 0 bridgehead atoms. The number of nitrogens with zero attached hydrogens (tertiary/aromatic N) is 1. The number of hydrogen-bond acceptors (Lipinski definition) is 2. The molecule has 0 aromatic rings. The van der Waals surface area contributed by atoms with Gasteiger partial charge in [0.05, 0.1) is 26.2 Å². The third kappa shape index (κ3) is 3.81. The number of aliphatic hydroxyl groups is 2. The molecule has 0 spiro atoms. The second-order valence-electron chi connectivity index (χ2n) is 3.16. The first-order valence-corrected chi connectivity index (χ1v) is 4.81. The Hall–Kier alpha value is 0.170. The van der Waals surface area contributed by atoms with Crippen LogP contribution in [0.4, 0.5) is 0 Å². The van der Waals surface area contributed by atoms with E-state index in [1.54, 1.807) is 0 Å². The average Bonchev–Trinajstić information content (AvgIpc) is 2.09. The number of hydrogen-bond donors (Lipinski definition) is 2. The van der Waals surface area contributed by atoms with Gasteiger partial charge in [-0.2, -0.15) is 0 Å². The number of quaternary nitrogens is 1. The summed E-state index contributed by atoms with van der Waals surface area (Å²) in [4.78, 5) is 0. The van der Waals surface area contributed by atoms with Crippen molar-refractivity contribution in [3.8, 4) is 0 Å². The summed E-state index contributed by atoms with van der Waals surface area (Å²) in [5.41, 5.74) is 0. The quantitative estimate of drug-likeness (QED) is 0.379.